The Hall–Kier alpha value is -0.383. The Balaban J connectivity index is 1.36. The molecule has 0 amide bonds. The van der Waals surface area contributed by atoms with E-state index < -0.39 is 63.6 Å². The van der Waals surface area contributed by atoms with E-state index in [0.717, 1.165) is 0 Å². The molecule has 2 aromatic carbocycles. The van der Waals surface area contributed by atoms with Gasteiger partial charge in [-0.05, 0) is 0 Å². The first kappa shape index (κ1) is 31.6. The molecule has 12 nitrogen and oxygen atoms in total. The van der Waals surface area contributed by atoms with Crippen LogP contribution in [0.4, 0.5) is 0 Å². The van der Waals surface area contributed by atoms with Gasteiger partial charge in [0.05, 0.1) is 0 Å². The van der Waals surface area contributed by atoms with Crippen molar-refractivity contribution in [2.75, 3.05) is 54.9 Å². The molecule has 0 saturated carbocycles. The van der Waals surface area contributed by atoms with E-state index in [9.17, 15) is 9.13 Å². The topological polar surface area (TPSA) is 126 Å². The molecular weight excluding hydrogens is 680 g/mol. The van der Waals surface area contributed by atoms with Crippen molar-refractivity contribution in [3.63, 3.8) is 0 Å². The van der Waals surface area contributed by atoms with E-state index in [1.54, 1.807) is 48.5 Å². The van der Waals surface area contributed by atoms with E-state index in [2.05, 4.69) is 0 Å². The minimum absolute atomic E-state index is 0.248. The molecule has 0 N–H and O–H groups in total. The summed E-state index contributed by atoms with van der Waals surface area (Å²) in [5.74, 6) is -2.00. The molecule has 0 radical (unpaired) electrons. The molecule has 2 fully saturated rings. The van der Waals surface area contributed by atoms with E-state index in [1.807, 2.05) is 12.1 Å². The van der Waals surface area contributed by atoms with Gasteiger partial charge in [-0.2, -0.15) is 0 Å². The molecular formula is C23H32As2O12P2. The summed E-state index contributed by atoms with van der Waals surface area (Å²) in [7, 11) is -2.04. The van der Waals surface area contributed by atoms with Gasteiger partial charge in [-0.3, -0.25) is 0 Å². The van der Waals surface area contributed by atoms with Crippen LogP contribution in [0, 0.1) is 5.41 Å². The van der Waals surface area contributed by atoms with E-state index >= 15 is 0 Å². The standard InChI is InChI=1S/C23H32As2O12P2/c1-28-38(26,29-2)21(19-11-7-5-8-12-19)36-24-32-15-23(16-33-24)17-34-25(35-18-23)37-22(39(27,30-3)31-4)20-13-9-6-10-14-20/h5-14,21-22H,15-18H2,1-4H3. The fourth-order valence-corrected chi connectivity index (χ4v) is 13.6. The fraction of sp³-hybridized carbons (Fsp3) is 0.478. The average molecular weight is 712 g/mol. The molecule has 16 heteroatoms. The summed E-state index contributed by atoms with van der Waals surface area (Å²) in [6.45, 7) is 0.991. The number of rotatable bonds is 12. The third-order valence-corrected chi connectivity index (χ3v) is 15.2. The van der Waals surface area contributed by atoms with Gasteiger partial charge in [0.2, 0.25) is 0 Å². The molecule has 4 rings (SSSR count). The molecule has 39 heavy (non-hydrogen) atoms. The molecule has 2 aromatic rings. The van der Waals surface area contributed by atoms with Gasteiger partial charge < -0.3 is 0 Å². The summed E-state index contributed by atoms with van der Waals surface area (Å²) in [6, 6.07) is 18.0. The van der Waals surface area contributed by atoms with Gasteiger partial charge in [0.1, 0.15) is 0 Å². The number of hydrogen-bond donors (Lipinski definition) is 0. The maximum absolute atomic E-state index is 13.2. The monoisotopic (exact) mass is 712 g/mol. The fourth-order valence-electron chi connectivity index (χ4n) is 3.74. The van der Waals surface area contributed by atoms with Crippen molar-refractivity contribution in [2.45, 2.75) is 11.7 Å². The van der Waals surface area contributed by atoms with Crippen LogP contribution in [0.25, 0.3) is 0 Å². The van der Waals surface area contributed by atoms with Crippen LogP contribution in [0.2, 0.25) is 0 Å². The Morgan fingerprint density at radius 3 is 1.21 bits per heavy atom. The molecule has 2 heterocycles. The summed E-state index contributed by atoms with van der Waals surface area (Å²) >= 11 is -5.61. The second kappa shape index (κ2) is 14.2. The van der Waals surface area contributed by atoms with Gasteiger partial charge in [0, 0.05) is 0 Å². The van der Waals surface area contributed by atoms with E-state index in [1.165, 1.54) is 28.4 Å². The van der Waals surface area contributed by atoms with Crippen LogP contribution in [0.5, 0.6) is 0 Å². The van der Waals surface area contributed by atoms with Crippen LogP contribution in [0.1, 0.15) is 22.8 Å². The van der Waals surface area contributed by atoms with E-state index in [0.29, 0.717) is 11.1 Å². The Morgan fingerprint density at radius 1 is 0.615 bits per heavy atom. The van der Waals surface area contributed by atoms with Crippen LogP contribution in [-0.4, -0.2) is 86.2 Å². The Morgan fingerprint density at radius 2 is 0.923 bits per heavy atom. The minimum atomic E-state index is -3.64. The van der Waals surface area contributed by atoms with Crippen molar-refractivity contribution >= 4 is 46.5 Å². The Labute approximate surface area is 239 Å². The van der Waals surface area contributed by atoms with Gasteiger partial charge >= 0.3 is 240 Å². The van der Waals surface area contributed by atoms with Crippen molar-refractivity contribution in [1.82, 2.24) is 0 Å². The summed E-state index contributed by atoms with van der Waals surface area (Å²) in [5.41, 5.74) is 0.672. The molecule has 2 aliphatic heterocycles. The molecule has 2 atom stereocenters. The second-order valence-electron chi connectivity index (χ2n) is 8.59. The SMILES string of the molecule is COP(=O)(OC)C(O[As]1OCC2(CO1)CO[As](OC(c1ccccc1)P(=O)(OC)OC)OC2)c1ccccc1. The third-order valence-electron chi connectivity index (χ3n) is 6.04. The molecule has 2 saturated heterocycles. The van der Waals surface area contributed by atoms with Crippen molar-refractivity contribution in [2.24, 2.45) is 5.41 Å². The maximum atomic E-state index is 13.2. The zero-order valence-corrected chi connectivity index (χ0v) is 27.5. The first-order valence-electron chi connectivity index (χ1n) is 11.8. The van der Waals surface area contributed by atoms with Crippen molar-refractivity contribution in [1.29, 1.82) is 0 Å². The van der Waals surface area contributed by atoms with Crippen molar-refractivity contribution in [3.8, 4) is 0 Å². The summed E-state index contributed by atoms with van der Waals surface area (Å²) in [4.78, 5) is 0. The van der Waals surface area contributed by atoms with Gasteiger partial charge in [0.25, 0.3) is 0 Å². The molecule has 2 aliphatic rings. The molecule has 0 bridgehead atoms. The second-order valence-corrected chi connectivity index (χ2v) is 18.1. The molecule has 0 aliphatic carbocycles. The Bertz CT molecular complexity index is 1020. The van der Waals surface area contributed by atoms with E-state index in [4.69, 9.17) is 40.5 Å². The van der Waals surface area contributed by atoms with Crippen LogP contribution in [0.3, 0.4) is 0 Å². The predicted molar refractivity (Wildman–Crippen MR) is 142 cm³/mol. The van der Waals surface area contributed by atoms with Crippen LogP contribution >= 0.6 is 15.2 Å². The van der Waals surface area contributed by atoms with Gasteiger partial charge in [-0.25, -0.2) is 0 Å². The first-order chi connectivity index (χ1) is 18.8. The van der Waals surface area contributed by atoms with Crippen molar-refractivity contribution in [3.05, 3.63) is 71.8 Å². The van der Waals surface area contributed by atoms with Crippen LogP contribution < -0.4 is 0 Å². The number of hydrogen-bond acceptors (Lipinski definition) is 12. The zero-order valence-electron chi connectivity index (χ0n) is 21.9. The quantitative estimate of drug-likeness (QED) is 0.228. The summed E-state index contributed by atoms with van der Waals surface area (Å²) in [5, 5.41) is 0. The van der Waals surface area contributed by atoms with Crippen LogP contribution in [-0.2, 0) is 49.6 Å². The normalized spacial score (nSPS) is 25.8. The van der Waals surface area contributed by atoms with Crippen LogP contribution in [0.15, 0.2) is 60.7 Å². The van der Waals surface area contributed by atoms with Gasteiger partial charge in [0.15, 0.2) is 0 Å². The van der Waals surface area contributed by atoms with Gasteiger partial charge in [-0.1, -0.05) is 0 Å². The predicted octanol–water partition coefficient (Wildman–Crippen LogP) is 4.44. The summed E-state index contributed by atoms with van der Waals surface area (Å²) < 4.78 is 83.3. The van der Waals surface area contributed by atoms with E-state index in [-0.39, 0.29) is 26.4 Å². The van der Waals surface area contributed by atoms with Gasteiger partial charge in [-0.15, -0.1) is 0 Å². The third kappa shape index (κ3) is 7.53. The van der Waals surface area contributed by atoms with Crippen molar-refractivity contribution < 1.29 is 49.6 Å². The average Bonchev–Trinajstić information content (AvgIpc) is 3.00. The molecule has 1 spiro atoms. The Kier molecular flexibility index (Phi) is 11.5. The molecule has 216 valence electrons. The molecule has 2 unspecified atom stereocenters. The molecule has 0 aromatic heterocycles. The summed E-state index contributed by atoms with van der Waals surface area (Å²) in [6.07, 6.45) is 0. The first-order valence-corrected chi connectivity index (χ1v) is 19.6. The zero-order chi connectivity index (χ0) is 27.9. The number of benzene rings is 2.